The summed E-state index contributed by atoms with van der Waals surface area (Å²) in [5, 5.41) is 13.1. The maximum absolute atomic E-state index is 12.5. The Hall–Kier alpha value is -2.26. The number of aromatic amines is 1. The van der Waals surface area contributed by atoms with E-state index in [9.17, 15) is 4.79 Å². The fourth-order valence-corrected chi connectivity index (χ4v) is 3.21. The van der Waals surface area contributed by atoms with Crippen LogP contribution in [0.25, 0.3) is 11.4 Å². The summed E-state index contributed by atoms with van der Waals surface area (Å²) in [5.74, 6) is -0.283. The molecule has 0 aliphatic rings. The molecule has 0 saturated heterocycles. The highest BCUT2D eigenvalue weighted by molar-refractivity contribution is 7.11. The lowest BCUT2D eigenvalue weighted by Gasteiger charge is -2.14. The standard InChI is InChI=1S/C16H16ClN5O2S/c17-9-1-2-10(19-6-9)11-3-4-12(21-11)16(24)22-13(5-18)14-7-20-15(8-23)25-14/h1-4,6-7,13,21,23H,5,8,18H2,(H,22,24)/t13-/m0/s1. The predicted octanol–water partition coefficient (Wildman–Crippen LogP) is 2.11. The molecular weight excluding hydrogens is 362 g/mol. The van der Waals surface area contributed by atoms with Crippen LogP contribution >= 0.6 is 22.9 Å². The number of carbonyl (C=O) groups excluding carboxylic acids is 1. The van der Waals surface area contributed by atoms with E-state index >= 15 is 0 Å². The molecule has 0 aliphatic heterocycles. The molecular formula is C16H16ClN5O2S. The maximum Gasteiger partial charge on any atom is 0.268 e. The van der Waals surface area contributed by atoms with Gasteiger partial charge in [0.15, 0.2) is 0 Å². The summed E-state index contributed by atoms with van der Waals surface area (Å²) in [6.45, 7) is 0.0924. The first kappa shape index (κ1) is 17.6. The summed E-state index contributed by atoms with van der Waals surface area (Å²) < 4.78 is 0. The molecule has 3 heterocycles. The van der Waals surface area contributed by atoms with Crippen LogP contribution in [0.5, 0.6) is 0 Å². The van der Waals surface area contributed by atoms with Crippen molar-refractivity contribution in [2.75, 3.05) is 6.54 Å². The Morgan fingerprint density at radius 1 is 1.32 bits per heavy atom. The van der Waals surface area contributed by atoms with Gasteiger partial charge in [-0.3, -0.25) is 9.78 Å². The molecule has 9 heteroatoms. The van der Waals surface area contributed by atoms with Crippen LogP contribution in [0.15, 0.2) is 36.7 Å². The first-order chi connectivity index (χ1) is 12.1. The maximum atomic E-state index is 12.5. The van der Waals surface area contributed by atoms with Crippen LogP contribution in [0.1, 0.15) is 26.4 Å². The normalized spacial score (nSPS) is 12.1. The molecule has 0 unspecified atom stereocenters. The molecule has 0 radical (unpaired) electrons. The van der Waals surface area contributed by atoms with Crippen molar-refractivity contribution in [3.05, 3.63) is 57.3 Å². The van der Waals surface area contributed by atoms with Crippen LogP contribution in [0.2, 0.25) is 5.02 Å². The highest BCUT2D eigenvalue weighted by atomic mass is 35.5. The zero-order valence-corrected chi connectivity index (χ0v) is 14.6. The number of nitrogens with two attached hydrogens (primary N) is 1. The molecule has 0 aromatic carbocycles. The van der Waals surface area contributed by atoms with E-state index < -0.39 is 0 Å². The number of H-pyrrole nitrogens is 1. The van der Waals surface area contributed by atoms with Gasteiger partial charge in [0, 0.05) is 23.8 Å². The van der Waals surface area contributed by atoms with E-state index in [2.05, 4.69) is 20.3 Å². The number of halogens is 1. The molecule has 130 valence electrons. The van der Waals surface area contributed by atoms with Gasteiger partial charge < -0.3 is 21.1 Å². The molecule has 7 nitrogen and oxygen atoms in total. The number of hydrogen-bond acceptors (Lipinski definition) is 6. The van der Waals surface area contributed by atoms with E-state index in [1.54, 1.807) is 36.7 Å². The highest BCUT2D eigenvalue weighted by Gasteiger charge is 2.18. The third kappa shape index (κ3) is 4.05. The van der Waals surface area contributed by atoms with Crippen molar-refractivity contribution < 1.29 is 9.90 Å². The lowest BCUT2D eigenvalue weighted by atomic mass is 10.2. The third-order valence-corrected chi connectivity index (χ3v) is 4.84. The Morgan fingerprint density at radius 3 is 2.80 bits per heavy atom. The highest BCUT2D eigenvalue weighted by Crippen LogP contribution is 2.22. The fraction of sp³-hybridized carbons (Fsp3) is 0.188. The Bertz CT molecular complexity index is 862. The fourth-order valence-electron chi connectivity index (χ4n) is 2.25. The summed E-state index contributed by atoms with van der Waals surface area (Å²) in [6, 6.07) is 6.59. The van der Waals surface area contributed by atoms with Crippen molar-refractivity contribution in [2.24, 2.45) is 5.73 Å². The van der Waals surface area contributed by atoms with Gasteiger partial charge in [-0.2, -0.15) is 0 Å². The minimum Gasteiger partial charge on any atom is -0.389 e. The number of aromatic nitrogens is 3. The molecule has 1 atom stereocenters. The Labute approximate surface area is 152 Å². The number of aliphatic hydroxyl groups excluding tert-OH is 1. The number of thiazole rings is 1. The van der Waals surface area contributed by atoms with Crippen LogP contribution in [0, 0.1) is 0 Å². The Kier molecular flexibility index (Phi) is 5.44. The smallest absolute Gasteiger partial charge is 0.268 e. The number of nitrogens with zero attached hydrogens (tertiary/aromatic N) is 2. The van der Waals surface area contributed by atoms with Crippen molar-refractivity contribution in [2.45, 2.75) is 12.6 Å². The van der Waals surface area contributed by atoms with E-state index in [-0.39, 0.29) is 25.1 Å². The van der Waals surface area contributed by atoms with Crippen LogP contribution < -0.4 is 11.1 Å². The van der Waals surface area contributed by atoms with Gasteiger partial charge in [0.1, 0.15) is 10.7 Å². The topological polar surface area (TPSA) is 117 Å². The number of amides is 1. The SMILES string of the molecule is NC[C@H](NC(=O)c1ccc(-c2ccc(Cl)cn2)[nH]1)c1cnc(CO)s1. The molecule has 0 saturated carbocycles. The summed E-state index contributed by atoms with van der Waals surface area (Å²) in [7, 11) is 0. The van der Waals surface area contributed by atoms with E-state index in [1.165, 1.54) is 11.3 Å². The number of hydrogen-bond donors (Lipinski definition) is 4. The molecule has 25 heavy (non-hydrogen) atoms. The average molecular weight is 378 g/mol. The van der Waals surface area contributed by atoms with E-state index in [1.807, 2.05) is 0 Å². The molecule has 0 aliphatic carbocycles. The number of aliphatic hydroxyl groups is 1. The molecule has 0 spiro atoms. The van der Waals surface area contributed by atoms with Gasteiger partial charge in [-0.15, -0.1) is 11.3 Å². The second kappa shape index (κ2) is 7.75. The van der Waals surface area contributed by atoms with Gasteiger partial charge in [-0.25, -0.2) is 4.98 Å². The molecule has 3 aromatic rings. The summed E-state index contributed by atoms with van der Waals surface area (Å²) in [4.78, 5) is 24.6. The van der Waals surface area contributed by atoms with Gasteiger partial charge in [0.2, 0.25) is 0 Å². The number of carbonyl (C=O) groups is 1. The second-order valence-electron chi connectivity index (χ2n) is 5.22. The van der Waals surface area contributed by atoms with Crippen molar-refractivity contribution in [1.29, 1.82) is 0 Å². The van der Waals surface area contributed by atoms with Crippen molar-refractivity contribution in [1.82, 2.24) is 20.3 Å². The summed E-state index contributed by atoms with van der Waals surface area (Å²) in [6.07, 6.45) is 3.16. The van der Waals surface area contributed by atoms with Crippen LogP contribution in [0.4, 0.5) is 0 Å². The quantitative estimate of drug-likeness (QED) is 0.525. The van der Waals surface area contributed by atoms with E-state index in [4.69, 9.17) is 22.4 Å². The molecule has 1 amide bonds. The number of pyridine rings is 1. The van der Waals surface area contributed by atoms with Gasteiger partial charge >= 0.3 is 0 Å². The third-order valence-electron chi connectivity index (χ3n) is 3.53. The number of nitrogens with one attached hydrogen (secondary N) is 2. The zero-order valence-electron chi connectivity index (χ0n) is 13.1. The average Bonchev–Trinajstić information content (AvgIpc) is 3.29. The Balaban J connectivity index is 1.73. The first-order valence-electron chi connectivity index (χ1n) is 7.48. The summed E-state index contributed by atoms with van der Waals surface area (Å²) in [5.41, 5.74) is 7.56. The van der Waals surface area contributed by atoms with Crippen molar-refractivity contribution in [3.63, 3.8) is 0 Å². The predicted molar refractivity (Wildman–Crippen MR) is 96.3 cm³/mol. The first-order valence-corrected chi connectivity index (χ1v) is 8.67. The molecule has 0 bridgehead atoms. The van der Waals surface area contributed by atoms with Crippen molar-refractivity contribution >= 4 is 28.8 Å². The van der Waals surface area contributed by atoms with Crippen LogP contribution in [0.3, 0.4) is 0 Å². The second-order valence-corrected chi connectivity index (χ2v) is 6.81. The van der Waals surface area contributed by atoms with Crippen LogP contribution in [-0.2, 0) is 6.61 Å². The summed E-state index contributed by atoms with van der Waals surface area (Å²) >= 11 is 7.15. The van der Waals surface area contributed by atoms with E-state index in [0.717, 1.165) is 4.88 Å². The Morgan fingerprint density at radius 2 is 2.16 bits per heavy atom. The lowest BCUT2D eigenvalue weighted by Crippen LogP contribution is -2.33. The van der Waals surface area contributed by atoms with Gasteiger partial charge in [0.25, 0.3) is 5.91 Å². The van der Waals surface area contributed by atoms with Gasteiger partial charge in [0.05, 0.1) is 29.1 Å². The molecule has 3 rings (SSSR count). The zero-order chi connectivity index (χ0) is 17.8. The van der Waals surface area contributed by atoms with Crippen LogP contribution in [-0.4, -0.2) is 32.5 Å². The lowest BCUT2D eigenvalue weighted by molar-refractivity contribution is 0.0934. The van der Waals surface area contributed by atoms with Gasteiger partial charge in [-0.05, 0) is 24.3 Å². The monoisotopic (exact) mass is 377 g/mol. The minimum absolute atomic E-state index is 0.135. The molecule has 3 aromatic heterocycles. The largest absolute Gasteiger partial charge is 0.389 e. The molecule has 0 fully saturated rings. The minimum atomic E-state index is -0.370. The van der Waals surface area contributed by atoms with Crippen molar-refractivity contribution in [3.8, 4) is 11.4 Å². The number of rotatable bonds is 6. The molecule has 5 N–H and O–H groups in total. The van der Waals surface area contributed by atoms with Gasteiger partial charge in [-0.1, -0.05) is 11.6 Å². The van der Waals surface area contributed by atoms with E-state index in [0.29, 0.717) is 27.1 Å².